The number of benzene rings is 1. The average Bonchev–Trinajstić information content (AvgIpc) is 3.32. The molecule has 0 bridgehead atoms. The molecule has 1 aromatic carbocycles. The number of hydrogen-bond acceptors (Lipinski definition) is 4. The zero-order valence-corrected chi connectivity index (χ0v) is 13.0. The minimum absolute atomic E-state index is 0.160. The van der Waals surface area contributed by atoms with E-state index in [1.165, 1.54) is 12.8 Å². The number of piperazine rings is 1. The molecular formula is C17H25N3O2. The summed E-state index contributed by atoms with van der Waals surface area (Å²) in [6, 6.07) is 7.43. The van der Waals surface area contributed by atoms with Gasteiger partial charge in [-0.2, -0.15) is 0 Å². The second-order valence-corrected chi connectivity index (χ2v) is 6.47. The first-order chi connectivity index (χ1) is 10.7. The van der Waals surface area contributed by atoms with Crippen LogP contribution in [0.4, 0.5) is 0 Å². The van der Waals surface area contributed by atoms with Crippen LogP contribution in [0, 0.1) is 5.92 Å². The maximum Gasteiger partial charge on any atom is 0.234 e. The molecule has 2 N–H and O–H groups in total. The summed E-state index contributed by atoms with van der Waals surface area (Å²) in [6.45, 7) is 6.02. The van der Waals surface area contributed by atoms with Crippen molar-refractivity contribution in [1.29, 1.82) is 0 Å². The van der Waals surface area contributed by atoms with Gasteiger partial charge in [0.05, 0.1) is 6.54 Å². The molecule has 0 unspecified atom stereocenters. The fraction of sp³-hybridized carbons (Fsp3) is 0.588. The van der Waals surface area contributed by atoms with Crippen LogP contribution >= 0.6 is 0 Å². The SMILES string of the molecule is O=C(CN1CCN(Cc2cccc(O)c2)CC1)NCC1CC1. The van der Waals surface area contributed by atoms with Crippen LogP contribution in [-0.4, -0.2) is 60.1 Å². The van der Waals surface area contributed by atoms with E-state index in [4.69, 9.17) is 0 Å². The topological polar surface area (TPSA) is 55.8 Å². The highest BCUT2D eigenvalue weighted by molar-refractivity contribution is 5.78. The predicted molar refractivity (Wildman–Crippen MR) is 85.6 cm³/mol. The first-order valence-corrected chi connectivity index (χ1v) is 8.18. The lowest BCUT2D eigenvalue weighted by molar-refractivity contribution is -0.122. The Morgan fingerprint density at radius 2 is 1.91 bits per heavy atom. The van der Waals surface area contributed by atoms with Crippen LogP contribution in [0.2, 0.25) is 0 Å². The van der Waals surface area contributed by atoms with Gasteiger partial charge in [0.15, 0.2) is 0 Å². The van der Waals surface area contributed by atoms with E-state index in [1.807, 2.05) is 18.2 Å². The summed E-state index contributed by atoms with van der Waals surface area (Å²) in [6.07, 6.45) is 2.54. The van der Waals surface area contributed by atoms with Crippen LogP contribution in [0.3, 0.4) is 0 Å². The maximum atomic E-state index is 11.9. The highest BCUT2D eigenvalue weighted by Crippen LogP contribution is 2.27. The molecule has 2 aliphatic rings. The van der Waals surface area contributed by atoms with Crippen LogP contribution in [0.5, 0.6) is 5.75 Å². The van der Waals surface area contributed by atoms with Crippen molar-refractivity contribution in [2.45, 2.75) is 19.4 Å². The molecule has 0 radical (unpaired) electrons. The van der Waals surface area contributed by atoms with E-state index < -0.39 is 0 Å². The van der Waals surface area contributed by atoms with E-state index in [0.29, 0.717) is 12.3 Å². The number of nitrogens with zero attached hydrogens (tertiary/aromatic N) is 2. The third kappa shape index (κ3) is 4.71. The van der Waals surface area contributed by atoms with Crippen LogP contribution < -0.4 is 5.32 Å². The van der Waals surface area contributed by atoms with Gasteiger partial charge >= 0.3 is 0 Å². The molecule has 1 aliphatic carbocycles. The van der Waals surface area contributed by atoms with Crippen LogP contribution in [0.1, 0.15) is 18.4 Å². The maximum absolute atomic E-state index is 11.9. The molecule has 1 aromatic rings. The van der Waals surface area contributed by atoms with Crippen LogP contribution in [-0.2, 0) is 11.3 Å². The lowest BCUT2D eigenvalue weighted by Gasteiger charge is -2.34. The molecule has 0 spiro atoms. The standard InChI is InChI=1S/C17H25N3O2/c21-16-3-1-2-15(10-16)12-19-6-8-20(9-7-19)13-17(22)18-11-14-4-5-14/h1-3,10,14,21H,4-9,11-13H2,(H,18,22). The largest absolute Gasteiger partial charge is 0.508 e. The minimum Gasteiger partial charge on any atom is -0.508 e. The van der Waals surface area contributed by atoms with Crippen molar-refractivity contribution in [1.82, 2.24) is 15.1 Å². The average molecular weight is 303 g/mol. The summed E-state index contributed by atoms with van der Waals surface area (Å²) in [7, 11) is 0. The second-order valence-electron chi connectivity index (χ2n) is 6.47. The van der Waals surface area contributed by atoms with Crippen molar-refractivity contribution in [3.05, 3.63) is 29.8 Å². The molecular weight excluding hydrogens is 278 g/mol. The lowest BCUT2D eigenvalue weighted by atomic mass is 10.2. The van der Waals surface area contributed by atoms with Crippen LogP contribution in [0.15, 0.2) is 24.3 Å². The van der Waals surface area contributed by atoms with Gasteiger partial charge < -0.3 is 10.4 Å². The Morgan fingerprint density at radius 1 is 1.18 bits per heavy atom. The number of hydrogen-bond donors (Lipinski definition) is 2. The van der Waals surface area contributed by atoms with Gasteiger partial charge in [-0.15, -0.1) is 0 Å². The normalized spacial score (nSPS) is 20.0. The van der Waals surface area contributed by atoms with Gasteiger partial charge in [-0.05, 0) is 36.5 Å². The number of phenolic OH excluding ortho intramolecular Hbond substituents is 1. The van der Waals surface area contributed by atoms with E-state index in [9.17, 15) is 9.90 Å². The van der Waals surface area contributed by atoms with Crippen molar-refractivity contribution < 1.29 is 9.90 Å². The molecule has 1 amide bonds. The van der Waals surface area contributed by atoms with Crippen LogP contribution in [0.25, 0.3) is 0 Å². The minimum atomic E-state index is 0.160. The first-order valence-electron chi connectivity index (χ1n) is 8.18. The number of amides is 1. The second kappa shape index (κ2) is 7.11. The molecule has 1 aliphatic heterocycles. The highest BCUT2D eigenvalue weighted by Gasteiger charge is 2.23. The quantitative estimate of drug-likeness (QED) is 0.824. The Labute approximate surface area is 131 Å². The Morgan fingerprint density at radius 3 is 2.59 bits per heavy atom. The van der Waals surface area contributed by atoms with Crippen molar-refractivity contribution in [3.8, 4) is 5.75 Å². The van der Waals surface area contributed by atoms with Gasteiger partial charge in [-0.3, -0.25) is 14.6 Å². The smallest absolute Gasteiger partial charge is 0.234 e. The summed E-state index contributed by atoms with van der Waals surface area (Å²) < 4.78 is 0. The molecule has 5 nitrogen and oxygen atoms in total. The zero-order chi connectivity index (χ0) is 15.4. The Kier molecular flexibility index (Phi) is 4.95. The molecule has 1 saturated heterocycles. The van der Waals surface area contributed by atoms with E-state index in [-0.39, 0.29) is 5.91 Å². The Hall–Kier alpha value is -1.59. The molecule has 2 fully saturated rings. The third-order valence-electron chi connectivity index (χ3n) is 4.43. The van der Waals surface area contributed by atoms with Crippen molar-refractivity contribution >= 4 is 5.91 Å². The number of carbonyl (C=O) groups is 1. The number of phenols is 1. The molecule has 1 saturated carbocycles. The van der Waals surface area contributed by atoms with Gasteiger partial charge in [0.2, 0.25) is 5.91 Å². The van der Waals surface area contributed by atoms with Gasteiger partial charge in [0, 0.05) is 39.3 Å². The van der Waals surface area contributed by atoms with Gasteiger partial charge in [-0.25, -0.2) is 0 Å². The summed E-state index contributed by atoms with van der Waals surface area (Å²) in [5, 5.41) is 12.5. The number of nitrogens with one attached hydrogen (secondary N) is 1. The summed E-state index contributed by atoms with van der Waals surface area (Å²) in [5.74, 6) is 1.22. The molecule has 3 rings (SSSR count). The van der Waals surface area contributed by atoms with Crippen molar-refractivity contribution in [2.75, 3.05) is 39.3 Å². The first kappa shape index (κ1) is 15.3. The number of aromatic hydroxyl groups is 1. The molecule has 120 valence electrons. The molecule has 1 heterocycles. The summed E-state index contributed by atoms with van der Waals surface area (Å²) in [5.41, 5.74) is 1.13. The molecule has 5 heteroatoms. The summed E-state index contributed by atoms with van der Waals surface area (Å²) >= 11 is 0. The number of rotatable bonds is 6. The number of carbonyl (C=O) groups excluding carboxylic acids is 1. The van der Waals surface area contributed by atoms with E-state index in [2.05, 4.69) is 15.1 Å². The van der Waals surface area contributed by atoms with E-state index in [1.54, 1.807) is 6.07 Å². The van der Waals surface area contributed by atoms with Gasteiger partial charge in [0.1, 0.15) is 5.75 Å². The van der Waals surface area contributed by atoms with Gasteiger partial charge in [-0.1, -0.05) is 12.1 Å². The molecule has 0 atom stereocenters. The fourth-order valence-corrected chi connectivity index (χ4v) is 2.86. The molecule has 22 heavy (non-hydrogen) atoms. The highest BCUT2D eigenvalue weighted by atomic mass is 16.3. The van der Waals surface area contributed by atoms with E-state index in [0.717, 1.165) is 50.7 Å². The van der Waals surface area contributed by atoms with E-state index >= 15 is 0 Å². The van der Waals surface area contributed by atoms with Crippen molar-refractivity contribution in [3.63, 3.8) is 0 Å². The molecule has 0 aromatic heterocycles. The lowest BCUT2D eigenvalue weighted by Crippen LogP contribution is -2.49. The summed E-state index contributed by atoms with van der Waals surface area (Å²) in [4.78, 5) is 16.5. The Balaban J connectivity index is 1.37. The Bertz CT molecular complexity index is 508. The third-order valence-corrected chi connectivity index (χ3v) is 4.43. The zero-order valence-electron chi connectivity index (χ0n) is 13.0. The van der Waals surface area contributed by atoms with Gasteiger partial charge in [0.25, 0.3) is 0 Å². The monoisotopic (exact) mass is 303 g/mol. The fourth-order valence-electron chi connectivity index (χ4n) is 2.86. The predicted octanol–water partition coefficient (Wildman–Crippen LogP) is 1.04. The van der Waals surface area contributed by atoms with Crippen molar-refractivity contribution in [2.24, 2.45) is 5.92 Å².